The highest BCUT2D eigenvalue weighted by Crippen LogP contribution is 2.31. The molecule has 5 rings (SSSR count). The Labute approximate surface area is 174 Å². The topological polar surface area (TPSA) is 59.8 Å². The number of rotatable bonds is 4. The van der Waals surface area contributed by atoms with Crippen LogP contribution in [0.4, 0.5) is 5.69 Å². The van der Waals surface area contributed by atoms with Crippen molar-refractivity contribution in [3.05, 3.63) is 90.6 Å². The van der Waals surface area contributed by atoms with Crippen molar-refractivity contribution in [3.8, 4) is 11.3 Å². The van der Waals surface area contributed by atoms with Crippen LogP contribution in [0.3, 0.4) is 0 Å². The number of aryl methyl sites for hydroxylation is 1. The minimum absolute atomic E-state index is 0.116. The molecule has 0 saturated carbocycles. The van der Waals surface area contributed by atoms with E-state index in [1.54, 1.807) is 4.68 Å². The first-order chi connectivity index (χ1) is 14.7. The molecule has 0 unspecified atom stereocenters. The van der Waals surface area contributed by atoms with Gasteiger partial charge in [0.1, 0.15) is 12.2 Å². The number of hydrogen-bond donors (Lipinski definition) is 1. The molecule has 146 valence electrons. The third-order valence-electron chi connectivity index (χ3n) is 5.24. The van der Waals surface area contributed by atoms with Crippen LogP contribution in [0.2, 0.25) is 0 Å². The number of aromatic nitrogens is 3. The summed E-state index contributed by atoms with van der Waals surface area (Å²) in [5, 5.41) is 9.75. The molecule has 0 radical (unpaired) electrons. The Morgan fingerprint density at radius 2 is 1.63 bits per heavy atom. The Bertz CT molecular complexity index is 1370. The van der Waals surface area contributed by atoms with Gasteiger partial charge in [-0.3, -0.25) is 14.5 Å². The van der Waals surface area contributed by atoms with E-state index in [2.05, 4.69) is 10.3 Å². The van der Waals surface area contributed by atoms with E-state index in [1.807, 2.05) is 92.0 Å². The van der Waals surface area contributed by atoms with Crippen LogP contribution >= 0.6 is 0 Å². The summed E-state index contributed by atoms with van der Waals surface area (Å²) in [7, 11) is 0. The predicted molar refractivity (Wildman–Crippen MR) is 120 cm³/mol. The number of carbonyl (C=O) groups excluding carboxylic acids is 1. The Morgan fingerprint density at radius 3 is 2.47 bits per heavy atom. The van der Waals surface area contributed by atoms with Gasteiger partial charge < -0.3 is 5.32 Å². The first-order valence-corrected chi connectivity index (χ1v) is 9.86. The van der Waals surface area contributed by atoms with Crippen molar-refractivity contribution in [2.75, 3.05) is 5.32 Å². The molecule has 0 atom stereocenters. The van der Waals surface area contributed by atoms with Gasteiger partial charge in [0.25, 0.3) is 0 Å². The van der Waals surface area contributed by atoms with Gasteiger partial charge in [-0.1, -0.05) is 66.7 Å². The lowest BCUT2D eigenvalue weighted by Crippen LogP contribution is -2.20. The van der Waals surface area contributed by atoms with E-state index < -0.39 is 0 Å². The molecule has 0 bridgehead atoms. The molecule has 5 aromatic rings. The van der Waals surface area contributed by atoms with Crippen LogP contribution < -0.4 is 5.32 Å². The summed E-state index contributed by atoms with van der Waals surface area (Å²) in [5.41, 5.74) is 5.46. The van der Waals surface area contributed by atoms with Gasteiger partial charge in [-0.25, -0.2) is 0 Å². The molecule has 1 N–H and O–H groups in total. The summed E-state index contributed by atoms with van der Waals surface area (Å²) in [6.07, 6.45) is 1.85. The molecule has 0 fully saturated rings. The van der Waals surface area contributed by atoms with Crippen LogP contribution in [0.25, 0.3) is 33.1 Å². The summed E-state index contributed by atoms with van der Waals surface area (Å²) in [6.45, 7) is 2.09. The fraction of sp³-hybridized carbons (Fsp3) is 0.0800. The quantitative estimate of drug-likeness (QED) is 0.457. The van der Waals surface area contributed by atoms with E-state index in [1.165, 1.54) is 0 Å². The summed E-state index contributed by atoms with van der Waals surface area (Å²) >= 11 is 0. The number of amides is 1. The fourth-order valence-corrected chi connectivity index (χ4v) is 3.77. The van der Waals surface area contributed by atoms with E-state index in [4.69, 9.17) is 5.10 Å². The maximum Gasteiger partial charge on any atom is 0.246 e. The highest BCUT2D eigenvalue weighted by Gasteiger charge is 2.17. The third kappa shape index (κ3) is 3.20. The molecule has 0 aliphatic heterocycles. The van der Waals surface area contributed by atoms with E-state index in [0.29, 0.717) is 0 Å². The molecule has 1 amide bonds. The van der Waals surface area contributed by atoms with E-state index in [0.717, 1.165) is 44.3 Å². The van der Waals surface area contributed by atoms with Gasteiger partial charge in [-0.05, 0) is 24.6 Å². The second-order valence-electron chi connectivity index (χ2n) is 7.27. The highest BCUT2D eigenvalue weighted by atomic mass is 16.2. The van der Waals surface area contributed by atoms with Crippen molar-refractivity contribution in [2.45, 2.75) is 13.5 Å². The number of nitrogens with zero attached hydrogens (tertiary/aromatic N) is 3. The molecule has 0 spiro atoms. The second-order valence-corrected chi connectivity index (χ2v) is 7.27. The summed E-state index contributed by atoms with van der Waals surface area (Å²) in [5.74, 6) is -0.116. The van der Waals surface area contributed by atoms with Gasteiger partial charge in [0.2, 0.25) is 5.91 Å². The molecule has 5 heteroatoms. The minimum Gasteiger partial charge on any atom is -0.324 e. The van der Waals surface area contributed by atoms with Crippen molar-refractivity contribution >= 4 is 33.4 Å². The van der Waals surface area contributed by atoms with E-state index in [9.17, 15) is 4.79 Å². The number of para-hydroxylation sites is 2. The molecule has 2 aromatic heterocycles. The average Bonchev–Trinajstić information content (AvgIpc) is 3.15. The maximum atomic E-state index is 12.9. The van der Waals surface area contributed by atoms with Crippen LogP contribution in [0, 0.1) is 6.92 Å². The SMILES string of the molecule is Cc1ccccc1NC(=O)Cn1nc(-c2ccccc2)c2cnc3ccccc3c21. The fourth-order valence-electron chi connectivity index (χ4n) is 3.77. The Kier molecular flexibility index (Phi) is 4.48. The Morgan fingerprint density at radius 1 is 0.900 bits per heavy atom. The molecule has 0 aliphatic rings. The van der Waals surface area contributed by atoms with Crippen LogP contribution in [0.15, 0.2) is 85.1 Å². The monoisotopic (exact) mass is 392 g/mol. The molecular formula is C25H20N4O. The van der Waals surface area contributed by atoms with Gasteiger partial charge in [0.05, 0.1) is 11.0 Å². The average molecular weight is 392 g/mol. The van der Waals surface area contributed by atoms with E-state index in [-0.39, 0.29) is 12.5 Å². The number of carbonyl (C=O) groups is 1. The first-order valence-electron chi connectivity index (χ1n) is 9.86. The zero-order valence-corrected chi connectivity index (χ0v) is 16.5. The highest BCUT2D eigenvalue weighted by molar-refractivity contribution is 6.08. The lowest BCUT2D eigenvalue weighted by atomic mass is 10.1. The first kappa shape index (κ1) is 18.1. The third-order valence-corrected chi connectivity index (χ3v) is 5.24. The van der Waals surface area contributed by atoms with Gasteiger partial charge in [-0.2, -0.15) is 5.10 Å². The smallest absolute Gasteiger partial charge is 0.246 e. The number of anilines is 1. The number of nitrogens with one attached hydrogen (secondary N) is 1. The lowest BCUT2D eigenvalue weighted by molar-refractivity contribution is -0.116. The van der Waals surface area contributed by atoms with Crippen LogP contribution in [0.5, 0.6) is 0 Å². The largest absolute Gasteiger partial charge is 0.324 e. The minimum atomic E-state index is -0.116. The zero-order chi connectivity index (χ0) is 20.5. The maximum absolute atomic E-state index is 12.9. The summed E-state index contributed by atoms with van der Waals surface area (Å²) in [4.78, 5) is 17.5. The zero-order valence-electron chi connectivity index (χ0n) is 16.5. The number of benzene rings is 3. The molecular weight excluding hydrogens is 372 g/mol. The molecule has 2 heterocycles. The van der Waals surface area contributed by atoms with E-state index >= 15 is 0 Å². The molecule has 0 aliphatic carbocycles. The van der Waals surface area contributed by atoms with Crippen LogP contribution in [-0.2, 0) is 11.3 Å². The molecule has 30 heavy (non-hydrogen) atoms. The van der Waals surface area contributed by atoms with Gasteiger partial charge in [0, 0.05) is 28.2 Å². The lowest BCUT2D eigenvalue weighted by Gasteiger charge is -2.09. The van der Waals surface area contributed by atoms with Crippen LogP contribution in [0.1, 0.15) is 5.56 Å². The van der Waals surface area contributed by atoms with Crippen LogP contribution in [-0.4, -0.2) is 20.7 Å². The van der Waals surface area contributed by atoms with Gasteiger partial charge >= 0.3 is 0 Å². The predicted octanol–water partition coefficient (Wildman–Crippen LogP) is 5.20. The van der Waals surface area contributed by atoms with Crippen molar-refractivity contribution in [2.24, 2.45) is 0 Å². The Hall–Kier alpha value is -3.99. The van der Waals surface area contributed by atoms with Gasteiger partial charge in [0.15, 0.2) is 0 Å². The van der Waals surface area contributed by atoms with Crippen molar-refractivity contribution in [1.29, 1.82) is 0 Å². The number of hydrogen-bond acceptors (Lipinski definition) is 3. The molecule has 5 nitrogen and oxygen atoms in total. The van der Waals surface area contributed by atoms with Crippen molar-refractivity contribution < 1.29 is 4.79 Å². The molecule has 0 saturated heterocycles. The second kappa shape index (κ2) is 7.44. The van der Waals surface area contributed by atoms with Crippen molar-refractivity contribution in [3.63, 3.8) is 0 Å². The summed E-state index contributed by atoms with van der Waals surface area (Å²) in [6, 6.07) is 25.7. The van der Waals surface area contributed by atoms with Crippen molar-refractivity contribution in [1.82, 2.24) is 14.8 Å². The normalized spacial score (nSPS) is 11.1. The standard InChI is InChI=1S/C25H20N4O/c1-17-9-5-7-13-21(17)27-23(30)16-29-25-19-12-6-8-14-22(19)26-15-20(25)24(28-29)18-10-3-2-4-11-18/h2-15H,16H2,1H3,(H,27,30). The Balaban J connectivity index is 1.62. The molecule has 3 aromatic carbocycles. The number of fused-ring (bicyclic) bond motifs is 3. The van der Waals surface area contributed by atoms with Gasteiger partial charge in [-0.15, -0.1) is 0 Å². The summed E-state index contributed by atoms with van der Waals surface area (Å²) < 4.78 is 1.79. The number of pyridine rings is 1.